The first-order valence-corrected chi connectivity index (χ1v) is 7.37. The maximum atomic E-state index is 14.2. The fourth-order valence-corrected chi connectivity index (χ4v) is 2.73. The number of carbonyl (C=O) groups is 1. The van der Waals surface area contributed by atoms with Gasteiger partial charge in [-0.15, -0.1) is 6.42 Å². The molecular formula is C15H12F2INO2. The van der Waals surface area contributed by atoms with Crippen molar-refractivity contribution in [1.29, 1.82) is 0 Å². The summed E-state index contributed by atoms with van der Waals surface area (Å²) in [6.45, 7) is -0.0736. The van der Waals surface area contributed by atoms with Crippen LogP contribution in [-0.2, 0) is 4.79 Å². The number of hydrogen-bond acceptors (Lipinski definition) is 2. The van der Waals surface area contributed by atoms with Crippen LogP contribution in [0.2, 0.25) is 0 Å². The third-order valence-corrected chi connectivity index (χ3v) is 4.11. The molecule has 0 fully saturated rings. The van der Waals surface area contributed by atoms with E-state index in [0.717, 1.165) is 12.1 Å². The van der Waals surface area contributed by atoms with Crippen molar-refractivity contribution in [3.63, 3.8) is 0 Å². The van der Waals surface area contributed by atoms with Crippen molar-refractivity contribution in [3.8, 4) is 18.1 Å². The number of hydrogen-bond donors (Lipinski definition) is 0. The molecule has 1 aromatic carbocycles. The van der Waals surface area contributed by atoms with Crippen LogP contribution in [0.5, 0.6) is 5.75 Å². The van der Waals surface area contributed by atoms with Crippen LogP contribution < -0.4 is 4.74 Å². The van der Waals surface area contributed by atoms with E-state index in [9.17, 15) is 13.6 Å². The van der Waals surface area contributed by atoms with E-state index in [1.54, 1.807) is 6.08 Å². The molecule has 1 aromatic rings. The van der Waals surface area contributed by atoms with E-state index in [4.69, 9.17) is 11.2 Å². The molecule has 0 aliphatic carbocycles. The average Bonchev–Trinajstić information content (AvgIpc) is 2.44. The van der Waals surface area contributed by atoms with Crippen LogP contribution in [0.3, 0.4) is 0 Å². The minimum Gasteiger partial charge on any atom is -0.481 e. The van der Waals surface area contributed by atoms with Gasteiger partial charge in [-0.1, -0.05) is 34.6 Å². The second-order valence-electron chi connectivity index (χ2n) is 4.44. The fraction of sp³-hybridized carbons (Fsp3) is 0.267. The van der Waals surface area contributed by atoms with Gasteiger partial charge in [0.1, 0.15) is 24.0 Å². The molecule has 21 heavy (non-hydrogen) atoms. The van der Waals surface area contributed by atoms with Gasteiger partial charge in [0, 0.05) is 19.2 Å². The van der Waals surface area contributed by atoms with Gasteiger partial charge in [0.2, 0.25) is 5.91 Å². The molecule has 0 bridgehead atoms. The molecule has 6 heteroatoms. The Labute approximate surface area is 135 Å². The van der Waals surface area contributed by atoms with Crippen molar-refractivity contribution < 1.29 is 18.3 Å². The second kappa shape index (κ2) is 6.43. The van der Waals surface area contributed by atoms with E-state index in [0.29, 0.717) is 6.42 Å². The molecule has 2 rings (SSSR count). The van der Waals surface area contributed by atoms with Crippen LogP contribution in [0.4, 0.5) is 8.78 Å². The van der Waals surface area contributed by atoms with Gasteiger partial charge in [-0.25, -0.2) is 8.78 Å². The highest BCUT2D eigenvalue weighted by atomic mass is 127. The lowest BCUT2D eigenvalue weighted by atomic mass is 10.0. The normalized spacial score (nSPS) is 18.2. The van der Waals surface area contributed by atoms with Crippen LogP contribution in [0.25, 0.3) is 5.70 Å². The van der Waals surface area contributed by atoms with E-state index in [-0.39, 0.29) is 33.4 Å². The first-order chi connectivity index (χ1) is 9.95. The monoisotopic (exact) mass is 403 g/mol. The zero-order valence-electron chi connectivity index (χ0n) is 11.2. The summed E-state index contributed by atoms with van der Waals surface area (Å²) in [6.07, 6.45) is 7.12. The summed E-state index contributed by atoms with van der Waals surface area (Å²) >= 11 is 2.00. The molecule has 0 aromatic heterocycles. The largest absolute Gasteiger partial charge is 0.481 e. The predicted octanol–water partition coefficient (Wildman–Crippen LogP) is 2.98. The molecule has 1 atom stereocenters. The number of ether oxygens (including phenoxy) is 1. The Morgan fingerprint density at radius 3 is 2.67 bits per heavy atom. The standard InChI is InChI=1S/C15H12F2INO2/c1-3-6-21-9-7-10(16)14(11(17)8-9)13-5-4-12(18)15(20)19(13)2/h1,5,7-8,12H,4,6H2,2H3. The molecule has 0 radical (unpaired) electrons. The molecule has 1 amide bonds. The first kappa shape index (κ1) is 15.8. The molecule has 3 nitrogen and oxygen atoms in total. The molecule has 1 aliphatic rings. The van der Waals surface area contributed by atoms with Crippen LogP contribution in [0.15, 0.2) is 18.2 Å². The number of carbonyl (C=O) groups excluding carboxylic acids is 1. The summed E-state index contributed by atoms with van der Waals surface area (Å²) < 4.78 is 33.1. The summed E-state index contributed by atoms with van der Waals surface area (Å²) in [6, 6.07) is 2.12. The van der Waals surface area contributed by atoms with Crippen LogP contribution >= 0.6 is 22.6 Å². The van der Waals surface area contributed by atoms with Crippen molar-refractivity contribution in [2.75, 3.05) is 13.7 Å². The Kier molecular flexibility index (Phi) is 4.83. The average molecular weight is 403 g/mol. The fourth-order valence-electron chi connectivity index (χ4n) is 2.05. The number of alkyl halides is 1. The highest BCUT2D eigenvalue weighted by molar-refractivity contribution is 14.1. The van der Waals surface area contributed by atoms with Gasteiger partial charge in [-0.2, -0.15) is 0 Å². The summed E-state index contributed by atoms with van der Waals surface area (Å²) in [5, 5.41) is 0. The quantitative estimate of drug-likeness (QED) is 0.441. The highest BCUT2D eigenvalue weighted by Gasteiger charge is 2.29. The maximum absolute atomic E-state index is 14.2. The lowest BCUT2D eigenvalue weighted by Crippen LogP contribution is -2.35. The smallest absolute Gasteiger partial charge is 0.240 e. The van der Waals surface area contributed by atoms with E-state index < -0.39 is 11.6 Å². The SMILES string of the molecule is C#CCOc1cc(F)c(C2=CCC(I)C(=O)N2C)c(F)c1. The van der Waals surface area contributed by atoms with Gasteiger partial charge in [0.15, 0.2) is 0 Å². The van der Waals surface area contributed by atoms with Crippen LogP contribution in [-0.4, -0.2) is 28.4 Å². The molecule has 110 valence electrons. The van der Waals surface area contributed by atoms with E-state index in [1.165, 1.54) is 11.9 Å². The molecule has 0 N–H and O–H groups in total. The summed E-state index contributed by atoms with van der Waals surface area (Å²) in [5.74, 6) is 0.471. The van der Waals surface area contributed by atoms with Crippen molar-refractivity contribution in [2.24, 2.45) is 0 Å². The number of nitrogens with zero attached hydrogens (tertiary/aromatic N) is 1. The molecule has 0 saturated heterocycles. The molecule has 1 aliphatic heterocycles. The number of benzene rings is 1. The van der Waals surface area contributed by atoms with Gasteiger partial charge in [0.25, 0.3) is 0 Å². The summed E-state index contributed by atoms with van der Waals surface area (Å²) in [7, 11) is 1.50. The van der Waals surface area contributed by atoms with Crippen molar-refractivity contribution in [2.45, 2.75) is 10.3 Å². The van der Waals surface area contributed by atoms with Crippen LogP contribution in [0, 0.1) is 24.0 Å². The van der Waals surface area contributed by atoms with Crippen LogP contribution in [0.1, 0.15) is 12.0 Å². The molecule has 1 heterocycles. The Bertz CT molecular complexity index is 629. The summed E-state index contributed by atoms with van der Waals surface area (Å²) in [4.78, 5) is 13.2. The molecule has 1 unspecified atom stereocenters. The van der Waals surface area contributed by atoms with Gasteiger partial charge >= 0.3 is 0 Å². The molecular weight excluding hydrogens is 391 g/mol. The number of amides is 1. The summed E-state index contributed by atoms with van der Waals surface area (Å²) in [5.41, 5.74) is -0.00590. The zero-order valence-corrected chi connectivity index (χ0v) is 13.4. The maximum Gasteiger partial charge on any atom is 0.240 e. The number of halogens is 3. The minimum atomic E-state index is -0.792. The van der Waals surface area contributed by atoms with Crippen molar-refractivity contribution >= 4 is 34.2 Å². The minimum absolute atomic E-state index is 0.0175. The van der Waals surface area contributed by atoms with Gasteiger partial charge in [0.05, 0.1) is 15.2 Å². The third-order valence-electron chi connectivity index (χ3n) is 3.07. The highest BCUT2D eigenvalue weighted by Crippen LogP contribution is 2.32. The molecule has 0 spiro atoms. The number of allylic oxidation sites excluding steroid dienone is 1. The lowest BCUT2D eigenvalue weighted by Gasteiger charge is -2.28. The Morgan fingerprint density at radius 1 is 1.48 bits per heavy atom. The van der Waals surface area contributed by atoms with Gasteiger partial charge in [-0.3, -0.25) is 4.79 Å². The van der Waals surface area contributed by atoms with Crippen molar-refractivity contribution in [1.82, 2.24) is 4.90 Å². The molecule has 0 saturated carbocycles. The third kappa shape index (κ3) is 3.18. The number of rotatable bonds is 3. The number of terminal acetylenes is 1. The Balaban J connectivity index is 2.41. The van der Waals surface area contributed by atoms with E-state index >= 15 is 0 Å². The van der Waals surface area contributed by atoms with Gasteiger partial charge < -0.3 is 9.64 Å². The Morgan fingerprint density at radius 2 is 2.10 bits per heavy atom. The second-order valence-corrected chi connectivity index (χ2v) is 5.95. The Hall–Kier alpha value is -1.62. The lowest BCUT2D eigenvalue weighted by molar-refractivity contribution is -0.126. The van der Waals surface area contributed by atoms with E-state index in [2.05, 4.69) is 5.92 Å². The predicted molar refractivity (Wildman–Crippen MR) is 83.9 cm³/mol. The zero-order chi connectivity index (χ0) is 15.6. The topological polar surface area (TPSA) is 29.5 Å². The van der Waals surface area contributed by atoms with Gasteiger partial charge in [-0.05, 0) is 6.42 Å². The van der Waals surface area contributed by atoms with Crippen molar-refractivity contribution in [3.05, 3.63) is 35.4 Å². The van der Waals surface area contributed by atoms with E-state index in [1.807, 2.05) is 22.6 Å². The first-order valence-electron chi connectivity index (χ1n) is 6.13.